The molecule has 3 rings (SSSR count). The van der Waals surface area contributed by atoms with Crippen LogP contribution in [0.5, 0.6) is 0 Å². The monoisotopic (exact) mass is 324 g/mol. The van der Waals surface area contributed by atoms with Crippen LogP contribution in [0.4, 0.5) is 0 Å². The van der Waals surface area contributed by atoms with Crippen molar-refractivity contribution in [2.45, 2.75) is 51.6 Å². The lowest BCUT2D eigenvalue weighted by molar-refractivity contribution is -0.117. The van der Waals surface area contributed by atoms with Crippen LogP contribution in [-0.2, 0) is 16.8 Å². The average molecular weight is 324 g/mol. The Hall–Kier alpha value is -2.43. The zero-order chi connectivity index (χ0) is 17.2. The van der Waals surface area contributed by atoms with Crippen molar-refractivity contribution in [1.29, 1.82) is 0 Å². The Balaban J connectivity index is 1.72. The van der Waals surface area contributed by atoms with Crippen LogP contribution in [0.25, 0.3) is 6.08 Å². The van der Waals surface area contributed by atoms with Crippen LogP contribution in [0.3, 0.4) is 0 Å². The lowest BCUT2D eigenvalue weighted by atomic mass is 9.92. The minimum absolute atomic E-state index is 0.0379. The molecule has 0 aliphatic heterocycles. The first-order chi connectivity index (χ1) is 11.4. The summed E-state index contributed by atoms with van der Waals surface area (Å²) in [5.74, 6) is -0.0831. The number of hydrogen-bond donors (Lipinski definition) is 1. The molecule has 2 heterocycles. The number of aromatic nitrogens is 3. The van der Waals surface area contributed by atoms with Crippen molar-refractivity contribution in [1.82, 2.24) is 20.1 Å². The molecule has 1 unspecified atom stereocenters. The molecule has 0 spiro atoms. The van der Waals surface area contributed by atoms with Crippen molar-refractivity contribution < 1.29 is 4.79 Å². The highest BCUT2D eigenvalue weighted by atomic mass is 16.1. The van der Waals surface area contributed by atoms with E-state index in [2.05, 4.69) is 40.9 Å². The van der Waals surface area contributed by atoms with Crippen LogP contribution < -0.4 is 5.32 Å². The van der Waals surface area contributed by atoms with Crippen LogP contribution in [-0.4, -0.2) is 20.7 Å². The summed E-state index contributed by atoms with van der Waals surface area (Å²) in [6.07, 6.45) is 11.7. The fourth-order valence-corrected chi connectivity index (χ4v) is 3.15. The molecule has 0 aromatic carbocycles. The van der Waals surface area contributed by atoms with E-state index in [4.69, 9.17) is 0 Å². The molecule has 1 aliphatic rings. The zero-order valence-electron chi connectivity index (χ0n) is 14.5. The summed E-state index contributed by atoms with van der Waals surface area (Å²) >= 11 is 0. The molecule has 1 atom stereocenters. The summed E-state index contributed by atoms with van der Waals surface area (Å²) in [5, 5.41) is 7.67. The summed E-state index contributed by atoms with van der Waals surface area (Å²) in [5.41, 5.74) is 3.27. The second-order valence-electron chi connectivity index (χ2n) is 7.20. The molecule has 0 saturated heterocycles. The van der Waals surface area contributed by atoms with Gasteiger partial charge in [0.15, 0.2) is 0 Å². The number of nitrogens with zero attached hydrogens (tertiary/aromatic N) is 3. The smallest absolute Gasteiger partial charge is 0.244 e. The predicted molar refractivity (Wildman–Crippen MR) is 94.3 cm³/mol. The van der Waals surface area contributed by atoms with E-state index in [1.807, 2.05) is 18.3 Å². The van der Waals surface area contributed by atoms with E-state index >= 15 is 0 Å². The fraction of sp³-hybridized carbons (Fsp3) is 0.421. The summed E-state index contributed by atoms with van der Waals surface area (Å²) in [6, 6.07) is 3.81. The number of pyridine rings is 1. The highest BCUT2D eigenvalue weighted by Crippen LogP contribution is 2.32. The number of rotatable bonds is 3. The second-order valence-corrected chi connectivity index (χ2v) is 7.20. The zero-order valence-corrected chi connectivity index (χ0v) is 14.5. The third-order valence-electron chi connectivity index (χ3n) is 4.25. The highest BCUT2D eigenvalue weighted by Gasteiger charge is 2.28. The van der Waals surface area contributed by atoms with Crippen molar-refractivity contribution in [2.75, 3.05) is 0 Å². The van der Waals surface area contributed by atoms with Crippen molar-refractivity contribution in [2.24, 2.45) is 0 Å². The number of fused-ring (bicyclic) bond motifs is 1. The van der Waals surface area contributed by atoms with E-state index in [-0.39, 0.29) is 17.5 Å². The third kappa shape index (κ3) is 3.55. The predicted octanol–water partition coefficient (Wildman–Crippen LogP) is 3.24. The van der Waals surface area contributed by atoms with Gasteiger partial charge in [0.25, 0.3) is 0 Å². The Morgan fingerprint density at radius 2 is 2.21 bits per heavy atom. The van der Waals surface area contributed by atoms with Gasteiger partial charge in [-0.15, -0.1) is 0 Å². The van der Waals surface area contributed by atoms with Gasteiger partial charge in [-0.25, -0.2) is 0 Å². The Morgan fingerprint density at radius 3 is 2.92 bits per heavy atom. The molecular weight excluding hydrogens is 300 g/mol. The molecular formula is C19H24N4O. The van der Waals surface area contributed by atoms with Gasteiger partial charge in [0.05, 0.1) is 17.8 Å². The summed E-state index contributed by atoms with van der Waals surface area (Å²) < 4.78 is 2.09. The number of carbonyl (C=O) groups excluding carboxylic acids is 1. The van der Waals surface area contributed by atoms with Crippen molar-refractivity contribution >= 4 is 12.0 Å². The van der Waals surface area contributed by atoms with Gasteiger partial charge in [-0.2, -0.15) is 5.10 Å². The van der Waals surface area contributed by atoms with Gasteiger partial charge in [-0.3, -0.25) is 14.5 Å². The number of nitrogens with one attached hydrogen (secondary N) is 1. The van der Waals surface area contributed by atoms with Gasteiger partial charge in [0, 0.05) is 29.7 Å². The quantitative estimate of drug-likeness (QED) is 0.882. The third-order valence-corrected chi connectivity index (χ3v) is 4.25. The molecule has 0 fully saturated rings. The first kappa shape index (κ1) is 16.4. The molecule has 1 amide bonds. The Labute approximate surface area is 142 Å². The van der Waals surface area contributed by atoms with Crippen molar-refractivity contribution in [3.63, 3.8) is 0 Å². The second kappa shape index (κ2) is 6.59. The topological polar surface area (TPSA) is 59.8 Å². The van der Waals surface area contributed by atoms with Gasteiger partial charge in [0.2, 0.25) is 5.91 Å². The normalized spacial score (nSPS) is 17.7. The van der Waals surface area contributed by atoms with Crippen LogP contribution >= 0.6 is 0 Å². The average Bonchev–Trinajstić information content (AvgIpc) is 2.99. The molecule has 0 saturated carbocycles. The molecule has 1 N–H and O–H groups in total. The highest BCUT2D eigenvalue weighted by molar-refractivity contribution is 5.91. The fourth-order valence-electron chi connectivity index (χ4n) is 3.15. The van der Waals surface area contributed by atoms with Gasteiger partial charge in [-0.1, -0.05) is 6.07 Å². The van der Waals surface area contributed by atoms with Crippen LogP contribution in [0.1, 0.15) is 56.5 Å². The van der Waals surface area contributed by atoms with E-state index in [0.717, 1.165) is 30.4 Å². The molecule has 0 radical (unpaired) electrons. The van der Waals surface area contributed by atoms with Gasteiger partial charge < -0.3 is 5.32 Å². The lowest BCUT2D eigenvalue weighted by Crippen LogP contribution is -2.31. The van der Waals surface area contributed by atoms with E-state index in [1.54, 1.807) is 24.5 Å². The van der Waals surface area contributed by atoms with Crippen LogP contribution in [0, 0.1) is 0 Å². The molecule has 5 nitrogen and oxygen atoms in total. The molecule has 2 aromatic heterocycles. The van der Waals surface area contributed by atoms with E-state index in [1.165, 1.54) is 5.69 Å². The SMILES string of the molecule is CC(C)(C)n1ncc2c1CCCC2NC(=O)C=Cc1cccnc1. The number of amides is 1. The van der Waals surface area contributed by atoms with E-state index < -0.39 is 0 Å². The Morgan fingerprint density at radius 1 is 1.38 bits per heavy atom. The maximum atomic E-state index is 12.3. The minimum Gasteiger partial charge on any atom is -0.346 e. The van der Waals surface area contributed by atoms with Gasteiger partial charge >= 0.3 is 0 Å². The summed E-state index contributed by atoms with van der Waals surface area (Å²) in [4.78, 5) is 16.3. The van der Waals surface area contributed by atoms with E-state index in [0.29, 0.717) is 0 Å². The van der Waals surface area contributed by atoms with Crippen LogP contribution in [0.2, 0.25) is 0 Å². The van der Waals surface area contributed by atoms with Gasteiger partial charge in [-0.05, 0) is 57.7 Å². The molecule has 2 aromatic rings. The molecule has 0 bridgehead atoms. The number of hydrogen-bond acceptors (Lipinski definition) is 3. The summed E-state index contributed by atoms with van der Waals surface area (Å²) in [7, 11) is 0. The Bertz CT molecular complexity index is 740. The van der Waals surface area contributed by atoms with Gasteiger partial charge in [0.1, 0.15) is 0 Å². The Kier molecular flexibility index (Phi) is 4.51. The molecule has 5 heteroatoms. The maximum absolute atomic E-state index is 12.3. The van der Waals surface area contributed by atoms with E-state index in [9.17, 15) is 4.79 Å². The van der Waals surface area contributed by atoms with Crippen molar-refractivity contribution in [3.05, 3.63) is 53.6 Å². The van der Waals surface area contributed by atoms with Crippen LogP contribution in [0.15, 0.2) is 36.8 Å². The molecule has 126 valence electrons. The molecule has 24 heavy (non-hydrogen) atoms. The van der Waals surface area contributed by atoms with Crippen molar-refractivity contribution in [3.8, 4) is 0 Å². The number of carbonyl (C=O) groups is 1. The standard InChI is InChI=1S/C19H24N4O/c1-19(2,3)23-17-8-4-7-16(15(17)13-21-23)22-18(24)10-9-14-6-5-11-20-12-14/h5-6,9-13,16H,4,7-8H2,1-3H3,(H,22,24). The largest absolute Gasteiger partial charge is 0.346 e. The first-order valence-corrected chi connectivity index (χ1v) is 8.41. The molecule has 1 aliphatic carbocycles. The lowest BCUT2D eigenvalue weighted by Gasteiger charge is -2.28. The summed E-state index contributed by atoms with van der Waals surface area (Å²) in [6.45, 7) is 6.46. The first-order valence-electron chi connectivity index (χ1n) is 8.41. The minimum atomic E-state index is -0.0831. The maximum Gasteiger partial charge on any atom is 0.244 e.